The van der Waals surface area contributed by atoms with E-state index in [2.05, 4.69) is 20.6 Å². The molecule has 7 heteroatoms. The van der Waals surface area contributed by atoms with Gasteiger partial charge in [0, 0.05) is 46.3 Å². The number of carbonyl (C=O) groups excluding carboxylic acids is 1. The van der Waals surface area contributed by atoms with Crippen molar-refractivity contribution in [1.29, 1.82) is 0 Å². The minimum Gasteiger partial charge on any atom is -0.336 e. The maximum atomic E-state index is 11.8. The standard InChI is InChI=1S/C18H17ClN4OS/c1-11(2)22-17(24)23-18-21-10-16(25-18)13-7-8-20-9-14(13)12-5-3-4-6-15(12)19/h3-11H,1-2H3,(H2,21,22,23,24). The molecule has 0 saturated heterocycles. The van der Waals surface area contributed by atoms with Gasteiger partial charge in [0.1, 0.15) is 0 Å². The number of nitrogens with zero attached hydrogens (tertiary/aromatic N) is 2. The van der Waals surface area contributed by atoms with E-state index in [1.165, 1.54) is 11.3 Å². The predicted octanol–water partition coefficient (Wildman–Crippen LogP) is 5.06. The second-order valence-corrected chi connectivity index (χ2v) is 7.12. The molecule has 1 aromatic carbocycles. The van der Waals surface area contributed by atoms with Gasteiger partial charge in [-0.15, -0.1) is 0 Å². The molecule has 128 valence electrons. The van der Waals surface area contributed by atoms with E-state index in [4.69, 9.17) is 11.6 Å². The van der Waals surface area contributed by atoms with Crippen molar-refractivity contribution in [1.82, 2.24) is 15.3 Å². The number of hydrogen-bond acceptors (Lipinski definition) is 4. The Balaban J connectivity index is 1.91. The van der Waals surface area contributed by atoms with Crippen LogP contribution < -0.4 is 10.6 Å². The number of hydrogen-bond donors (Lipinski definition) is 2. The van der Waals surface area contributed by atoms with Crippen molar-refractivity contribution in [3.63, 3.8) is 0 Å². The van der Waals surface area contributed by atoms with Crippen molar-refractivity contribution in [2.24, 2.45) is 0 Å². The van der Waals surface area contributed by atoms with Crippen LogP contribution in [0.5, 0.6) is 0 Å². The van der Waals surface area contributed by atoms with E-state index >= 15 is 0 Å². The smallest absolute Gasteiger partial charge is 0.321 e. The van der Waals surface area contributed by atoms with Crippen molar-refractivity contribution >= 4 is 34.1 Å². The summed E-state index contributed by atoms with van der Waals surface area (Å²) in [4.78, 5) is 21.3. The Bertz CT molecular complexity index is 894. The van der Waals surface area contributed by atoms with Gasteiger partial charge in [-0.2, -0.15) is 0 Å². The summed E-state index contributed by atoms with van der Waals surface area (Å²) >= 11 is 7.74. The lowest BCUT2D eigenvalue weighted by Crippen LogP contribution is -2.34. The molecular formula is C18H17ClN4OS. The molecule has 0 aliphatic rings. The van der Waals surface area contributed by atoms with Gasteiger partial charge in [0.15, 0.2) is 5.13 Å². The Hall–Kier alpha value is -2.44. The van der Waals surface area contributed by atoms with Crippen LogP contribution in [-0.2, 0) is 0 Å². The number of halogens is 1. The first-order chi connectivity index (χ1) is 12.0. The molecule has 5 nitrogen and oxygen atoms in total. The maximum absolute atomic E-state index is 11.8. The molecule has 3 rings (SSSR count). The summed E-state index contributed by atoms with van der Waals surface area (Å²) in [6.07, 6.45) is 5.26. The molecule has 2 N–H and O–H groups in total. The quantitative estimate of drug-likeness (QED) is 0.673. The molecule has 0 atom stereocenters. The highest BCUT2D eigenvalue weighted by atomic mass is 35.5. The Morgan fingerprint density at radius 3 is 2.68 bits per heavy atom. The minimum absolute atomic E-state index is 0.0615. The summed E-state index contributed by atoms with van der Waals surface area (Å²) in [6, 6.07) is 9.36. The highest BCUT2D eigenvalue weighted by molar-refractivity contribution is 7.19. The number of urea groups is 1. The second-order valence-electron chi connectivity index (χ2n) is 5.68. The lowest BCUT2D eigenvalue weighted by Gasteiger charge is -2.09. The third-order valence-corrected chi connectivity index (χ3v) is 4.67. The molecule has 0 unspecified atom stereocenters. The highest BCUT2D eigenvalue weighted by Crippen LogP contribution is 2.38. The fourth-order valence-electron chi connectivity index (χ4n) is 2.36. The number of aromatic nitrogens is 2. The van der Waals surface area contributed by atoms with Gasteiger partial charge in [0.05, 0.1) is 4.88 Å². The first kappa shape index (κ1) is 17.4. The van der Waals surface area contributed by atoms with Crippen LogP contribution in [0.2, 0.25) is 5.02 Å². The van der Waals surface area contributed by atoms with Gasteiger partial charge in [-0.25, -0.2) is 9.78 Å². The van der Waals surface area contributed by atoms with Crippen molar-refractivity contribution in [2.45, 2.75) is 19.9 Å². The molecule has 2 heterocycles. The summed E-state index contributed by atoms with van der Waals surface area (Å²) in [5, 5.41) is 6.72. The van der Waals surface area contributed by atoms with Gasteiger partial charge in [-0.1, -0.05) is 41.1 Å². The van der Waals surface area contributed by atoms with E-state index < -0.39 is 0 Å². The topological polar surface area (TPSA) is 66.9 Å². The number of nitrogens with one attached hydrogen (secondary N) is 2. The summed E-state index contributed by atoms with van der Waals surface area (Å²) in [5.74, 6) is 0. The van der Waals surface area contributed by atoms with Crippen LogP contribution in [0.15, 0.2) is 48.9 Å². The maximum Gasteiger partial charge on any atom is 0.321 e. The average Bonchev–Trinajstić information content (AvgIpc) is 3.03. The largest absolute Gasteiger partial charge is 0.336 e. The predicted molar refractivity (Wildman–Crippen MR) is 103 cm³/mol. The van der Waals surface area contributed by atoms with E-state index in [9.17, 15) is 4.79 Å². The molecule has 0 bridgehead atoms. The van der Waals surface area contributed by atoms with Crippen LogP contribution in [0.25, 0.3) is 21.6 Å². The highest BCUT2D eigenvalue weighted by Gasteiger charge is 2.14. The van der Waals surface area contributed by atoms with Crippen molar-refractivity contribution in [2.75, 3.05) is 5.32 Å². The fourth-order valence-corrected chi connectivity index (χ4v) is 3.44. The molecule has 2 aromatic heterocycles. The third kappa shape index (κ3) is 4.15. The number of rotatable bonds is 4. The zero-order chi connectivity index (χ0) is 17.8. The molecule has 0 spiro atoms. The van der Waals surface area contributed by atoms with E-state index in [1.54, 1.807) is 18.6 Å². The van der Waals surface area contributed by atoms with E-state index in [-0.39, 0.29) is 12.1 Å². The van der Waals surface area contributed by atoms with Gasteiger partial charge >= 0.3 is 6.03 Å². The minimum atomic E-state index is -0.267. The van der Waals surface area contributed by atoms with Crippen LogP contribution >= 0.6 is 22.9 Å². The Labute approximate surface area is 155 Å². The zero-order valence-corrected chi connectivity index (χ0v) is 15.4. The van der Waals surface area contributed by atoms with Gasteiger partial charge in [0.25, 0.3) is 0 Å². The molecule has 0 aliphatic heterocycles. The molecular weight excluding hydrogens is 356 g/mol. The first-order valence-corrected chi connectivity index (χ1v) is 8.96. The molecule has 0 fully saturated rings. The summed E-state index contributed by atoms with van der Waals surface area (Å²) < 4.78 is 0. The van der Waals surface area contributed by atoms with Crippen molar-refractivity contribution in [3.05, 3.63) is 53.9 Å². The number of thiazole rings is 1. The Morgan fingerprint density at radius 2 is 1.92 bits per heavy atom. The van der Waals surface area contributed by atoms with Gasteiger partial charge in [-0.05, 0) is 26.0 Å². The van der Waals surface area contributed by atoms with E-state index in [1.807, 2.05) is 44.2 Å². The zero-order valence-electron chi connectivity index (χ0n) is 13.8. The van der Waals surface area contributed by atoms with Crippen LogP contribution in [0.4, 0.5) is 9.93 Å². The molecule has 2 amide bonds. The van der Waals surface area contributed by atoms with Crippen molar-refractivity contribution < 1.29 is 4.79 Å². The number of anilines is 1. The SMILES string of the molecule is CC(C)NC(=O)Nc1ncc(-c2ccncc2-c2ccccc2Cl)s1. The number of carbonyl (C=O) groups is 1. The van der Waals surface area contributed by atoms with Crippen LogP contribution in [0.1, 0.15) is 13.8 Å². The lowest BCUT2D eigenvalue weighted by molar-refractivity contribution is 0.250. The number of pyridine rings is 1. The van der Waals surface area contributed by atoms with E-state index in [0.717, 1.165) is 21.6 Å². The van der Waals surface area contributed by atoms with Crippen LogP contribution in [-0.4, -0.2) is 22.0 Å². The number of benzene rings is 1. The Morgan fingerprint density at radius 1 is 1.12 bits per heavy atom. The summed E-state index contributed by atoms with van der Waals surface area (Å²) in [7, 11) is 0. The molecule has 0 radical (unpaired) electrons. The molecule has 0 saturated carbocycles. The molecule has 0 aliphatic carbocycles. The third-order valence-electron chi connectivity index (χ3n) is 3.40. The monoisotopic (exact) mass is 372 g/mol. The van der Waals surface area contributed by atoms with Crippen LogP contribution in [0.3, 0.4) is 0 Å². The van der Waals surface area contributed by atoms with E-state index in [0.29, 0.717) is 10.2 Å². The first-order valence-electron chi connectivity index (χ1n) is 7.77. The Kier molecular flexibility index (Phi) is 5.31. The number of amides is 2. The van der Waals surface area contributed by atoms with Gasteiger partial charge in [0.2, 0.25) is 0 Å². The van der Waals surface area contributed by atoms with Crippen molar-refractivity contribution in [3.8, 4) is 21.6 Å². The fraction of sp³-hybridized carbons (Fsp3) is 0.167. The molecule has 3 aromatic rings. The van der Waals surface area contributed by atoms with Gasteiger partial charge in [-0.3, -0.25) is 10.3 Å². The van der Waals surface area contributed by atoms with Gasteiger partial charge < -0.3 is 5.32 Å². The second kappa shape index (κ2) is 7.63. The average molecular weight is 373 g/mol. The lowest BCUT2D eigenvalue weighted by atomic mass is 10.0. The summed E-state index contributed by atoms with van der Waals surface area (Å²) in [5.41, 5.74) is 2.81. The van der Waals surface area contributed by atoms with Crippen LogP contribution in [0, 0.1) is 0 Å². The summed E-state index contributed by atoms with van der Waals surface area (Å²) in [6.45, 7) is 3.80. The normalized spacial score (nSPS) is 10.7. The molecule has 25 heavy (non-hydrogen) atoms.